The molecule has 0 unspecified atom stereocenters. The second kappa shape index (κ2) is 8.14. The number of aromatic nitrogens is 1. The zero-order valence-electron chi connectivity index (χ0n) is 14.3. The molecule has 8 nitrogen and oxygen atoms in total. The Bertz CT molecular complexity index is 1040. The quantitative estimate of drug-likeness (QED) is 0.604. The van der Waals surface area contributed by atoms with Crippen molar-refractivity contribution >= 4 is 49.2 Å². The van der Waals surface area contributed by atoms with E-state index in [4.69, 9.17) is 10.2 Å². The van der Waals surface area contributed by atoms with Crippen LogP contribution in [0.5, 0.6) is 0 Å². The first-order valence-electron chi connectivity index (χ1n) is 7.47. The van der Waals surface area contributed by atoms with Crippen molar-refractivity contribution in [3.63, 3.8) is 0 Å². The molecule has 0 spiro atoms. The number of thiazole rings is 1. The van der Waals surface area contributed by atoms with Gasteiger partial charge in [-0.1, -0.05) is 12.1 Å². The summed E-state index contributed by atoms with van der Waals surface area (Å²) in [6.45, 7) is 2.03. The van der Waals surface area contributed by atoms with E-state index >= 15 is 0 Å². The number of fused-ring (bicyclic) bond motifs is 1. The Balaban J connectivity index is 0.000000219. The first kappa shape index (κ1) is 20.3. The molecular weight excluding hydrogens is 392 g/mol. The molecule has 1 heterocycles. The van der Waals surface area contributed by atoms with Gasteiger partial charge in [-0.2, -0.15) is 0 Å². The topological polar surface area (TPSA) is 134 Å². The van der Waals surface area contributed by atoms with Gasteiger partial charge in [0, 0.05) is 0 Å². The number of aryl methyl sites for hydroxylation is 1. The van der Waals surface area contributed by atoms with Gasteiger partial charge < -0.3 is 10.2 Å². The zero-order chi connectivity index (χ0) is 20.2. The predicted molar refractivity (Wildman–Crippen MR) is 103 cm³/mol. The fourth-order valence-electron chi connectivity index (χ4n) is 2.13. The van der Waals surface area contributed by atoms with E-state index in [1.807, 2.05) is 29.8 Å². The van der Waals surface area contributed by atoms with Crippen LogP contribution >= 0.6 is 11.3 Å². The highest BCUT2D eigenvalue weighted by atomic mass is 32.2. The van der Waals surface area contributed by atoms with Crippen LogP contribution in [0.4, 0.5) is 5.69 Å². The number of hydrogen-bond acceptors (Lipinski definition) is 6. The first-order chi connectivity index (χ1) is 12.5. The highest BCUT2D eigenvalue weighted by Gasteiger charge is 2.13. The lowest BCUT2D eigenvalue weighted by Crippen LogP contribution is -2.11. The molecule has 0 radical (unpaired) electrons. The fraction of sp³-hybridized carbons (Fsp3) is 0.118. The van der Waals surface area contributed by atoms with Gasteiger partial charge in [-0.3, -0.25) is 4.72 Å². The minimum Gasteiger partial charge on any atom is -0.478 e. The molecule has 0 atom stereocenters. The highest BCUT2D eigenvalue weighted by molar-refractivity contribution is 7.92. The summed E-state index contributed by atoms with van der Waals surface area (Å²) in [5, 5.41) is 18.6. The van der Waals surface area contributed by atoms with Gasteiger partial charge in [0.15, 0.2) is 0 Å². The molecule has 0 aliphatic rings. The molecule has 0 aliphatic heterocycles. The number of anilines is 1. The van der Waals surface area contributed by atoms with E-state index in [2.05, 4.69) is 11.1 Å². The normalized spacial score (nSPS) is 10.7. The largest absolute Gasteiger partial charge is 0.478 e. The molecule has 0 fully saturated rings. The Morgan fingerprint density at radius 3 is 2.07 bits per heavy atom. The average Bonchev–Trinajstić information content (AvgIpc) is 2.93. The number of aromatic carboxylic acids is 2. The standard InChI is InChI=1S/C9H9NO6S.C8H7NS/c1-17(15,16)10-7-3-5(8(11)12)2-6(4-7)9(13)14;1-6-9-7-4-2-3-5-8(7)10-6/h2-4,10H,1H3,(H,11,12)(H,13,14);2-5H,1H3. The van der Waals surface area contributed by atoms with Crippen molar-refractivity contribution in [3.05, 3.63) is 58.6 Å². The van der Waals surface area contributed by atoms with Crippen LogP contribution in [-0.4, -0.2) is 41.8 Å². The summed E-state index contributed by atoms with van der Waals surface area (Å²) in [5.41, 5.74) is 0.391. The number of rotatable bonds is 4. The third-order valence-electron chi connectivity index (χ3n) is 3.13. The van der Waals surface area contributed by atoms with Crippen molar-refractivity contribution in [1.29, 1.82) is 0 Å². The highest BCUT2D eigenvalue weighted by Crippen LogP contribution is 2.20. The number of carbonyl (C=O) groups is 2. The number of hydrogen-bond donors (Lipinski definition) is 3. The van der Waals surface area contributed by atoms with E-state index in [1.54, 1.807) is 11.3 Å². The van der Waals surface area contributed by atoms with Crippen molar-refractivity contribution in [2.24, 2.45) is 0 Å². The van der Waals surface area contributed by atoms with E-state index < -0.39 is 22.0 Å². The molecule has 0 aliphatic carbocycles. The molecular formula is C17H16N2O6S2. The Labute approximate surface area is 159 Å². The summed E-state index contributed by atoms with van der Waals surface area (Å²) < 4.78 is 25.2. The molecule has 0 saturated carbocycles. The average molecular weight is 408 g/mol. The Hall–Kier alpha value is -2.98. The number of nitrogens with one attached hydrogen (secondary N) is 1. The zero-order valence-corrected chi connectivity index (χ0v) is 16.0. The predicted octanol–water partition coefficient (Wildman–Crippen LogP) is 3.06. The van der Waals surface area contributed by atoms with Crippen LogP contribution in [0.25, 0.3) is 10.2 Å². The van der Waals surface area contributed by atoms with Crippen LogP contribution in [0.1, 0.15) is 25.7 Å². The van der Waals surface area contributed by atoms with Crippen molar-refractivity contribution < 1.29 is 28.2 Å². The fourth-order valence-corrected chi connectivity index (χ4v) is 3.51. The molecule has 3 N–H and O–H groups in total. The Morgan fingerprint density at radius 2 is 1.59 bits per heavy atom. The van der Waals surface area contributed by atoms with Crippen molar-refractivity contribution in [2.75, 3.05) is 11.0 Å². The first-order valence-corrected chi connectivity index (χ1v) is 10.2. The maximum absolute atomic E-state index is 11.0. The summed E-state index contributed by atoms with van der Waals surface area (Å²) in [4.78, 5) is 25.8. The number of para-hydroxylation sites is 1. The molecule has 10 heteroatoms. The van der Waals surface area contributed by atoms with Gasteiger partial charge >= 0.3 is 11.9 Å². The number of benzene rings is 2. The van der Waals surface area contributed by atoms with Gasteiger partial charge in [-0.25, -0.2) is 23.0 Å². The van der Waals surface area contributed by atoms with E-state index in [9.17, 15) is 18.0 Å². The third kappa shape index (κ3) is 6.04. The number of carboxylic acids is 2. The van der Waals surface area contributed by atoms with E-state index in [0.717, 1.165) is 35.0 Å². The second-order valence-electron chi connectivity index (χ2n) is 5.48. The maximum Gasteiger partial charge on any atom is 0.335 e. The van der Waals surface area contributed by atoms with Crippen LogP contribution in [0.3, 0.4) is 0 Å². The van der Waals surface area contributed by atoms with Gasteiger partial charge in [0.1, 0.15) is 0 Å². The summed E-state index contributed by atoms with van der Waals surface area (Å²) in [7, 11) is -3.60. The second-order valence-corrected chi connectivity index (χ2v) is 8.47. The summed E-state index contributed by atoms with van der Waals surface area (Å²) in [5.74, 6) is -2.69. The van der Waals surface area contributed by atoms with Crippen LogP contribution in [0, 0.1) is 6.92 Å². The lowest BCUT2D eigenvalue weighted by molar-refractivity contribution is 0.0696. The number of sulfonamides is 1. The van der Waals surface area contributed by atoms with Gasteiger partial charge in [0.2, 0.25) is 10.0 Å². The molecule has 2 aromatic carbocycles. The SMILES string of the molecule is CS(=O)(=O)Nc1cc(C(=O)O)cc(C(=O)O)c1.Cc1nc2ccccc2s1. The molecule has 0 bridgehead atoms. The van der Waals surface area contributed by atoms with Gasteiger partial charge in [-0.15, -0.1) is 11.3 Å². The Morgan fingerprint density at radius 1 is 1.04 bits per heavy atom. The van der Waals surface area contributed by atoms with Crippen molar-refractivity contribution in [3.8, 4) is 0 Å². The monoisotopic (exact) mass is 408 g/mol. The minimum absolute atomic E-state index is 0.107. The van der Waals surface area contributed by atoms with Crippen LogP contribution < -0.4 is 4.72 Å². The number of nitrogens with zero attached hydrogens (tertiary/aromatic N) is 1. The molecule has 142 valence electrons. The molecule has 3 aromatic rings. The summed E-state index contributed by atoms with van der Waals surface area (Å²) in [6, 6.07) is 11.2. The molecule has 3 rings (SSSR count). The van der Waals surface area contributed by atoms with Crippen LogP contribution in [0.15, 0.2) is 42.5 Å². The smallest absolute Gasteiger partial charge is 0.335 e. The molecule has 0 amide bonds. The van der Waals surface area contributed by atoms with E-state index in [0.29, 0.717) is 0 Å². The number of carboxylic acid groups (broad SMARTS) is 2. The van der Waals surface area contributed by atoms with Gasteiger partial charge in [0.25, 0.3) is 0 Å². The Kier molecular flexibility index (Phi) is 6.13. The summed E-state index contributed by atoms with van der Waals surface area (Å²) >= 11 is 1.74. The third-order valence-corrected chi connectivity index (χ3v) is 4.69. The van der Waals surface area contributed by atoms with Crippen molar-refractivity contribution in [1.82, 2.24) is 4.98 Å². The van der Waals surface area contributed by atoms with E-state index in [1.165, 1.54) is 4.70 Å². The maximum atomic E-state index is 11.0. The molecule has 1 aromatic heterocycles. The van der Waals surface area contributed by atoms with Gasteiger partial charge in [-0.05, 0) is 37.3 Å². The lowest BCUT2D eigenvalue weighted by atomic mass is 10.1. The lowest BCUT2D eigenvalue weighted by Gasteiger charge is -2.06. The molecule has 27 heavy (non-hydrogen) atoms. The van der Waals surface area contributed by atoms with Gasteiger partial charge in [0.05, 0.1) is 38.3 Å². The van der Waals surface area contributed by atoms with Crippen LogP contribution in [-0.2, 0) is 10.0 Å². The molecule has 0 saturated heterocycles. The summed E-state index contributed by atoms with van der Waals surface area (Å²) in [6.07, 6.45) is 0.876. The van der Waals surface area contributed by atoms with E-state index in [-0.39, 0.29) is 16.8 Å². The van der Waals surface area contributed by atoms with Crippen molar-refractivity contribution in [2.45, 2.75) is 6.92 Å². The minimum atomic E-state index is -3.60. The van der Waals surface area contributed by atoms with Crippen LogP contribution in [0.2, 0.25) is 0 Å².